The molecule has 29 heavy (non-hydrogen) atoms. The Hall–Kier alpha value is -2.86. The van der Waals surface area contributed by atoms with E-state index in [1.807, 2.05) is 17.9 Å². The number of thiophene rings is 1. The highest BCUT2D eigenvalue weighted by molar-refractivity contribution is 7.18. The average Bonchev–Trinajstić information content (AvgIpc) is 3.36. The van der Waals surface area contributed by atoms with Gasteiger partial charge in [-0.2, -0.15) is 0 Å². The standard InChI is InChI=1S/C23H24N2O3S/c1-14(2)16-8-9-18-17(13-16)6-4-10-25(18)23(27)21-15(3)12-20(29-21)24-22(26)19-7-5-11-28-19/h5,7-9,11-14H,4,6,10H2,1-3H3,(H,24,26). The molecule has 0 aliphatic carbocycles. The second kappa shape index (κ2) is 7.87. The Morgan fingerprint density at radius 1 is 1.21 bits per heavy atom. The van der Waals surface area contributed by atoms with Crippen LogP contribution in [-0.4, -0.2) is 18.4 Å². The number of carbonyl (C=O) groups is 2. The topological polar surface area (TPSA) is 62.6 Å². The summed E-state index contributed by atoms with van der Waals surface area (Å²) < 4.78 is 5.13. The molecule has 6 heteroatoms. The van der Waals surface area contributed by atoms with Crippen LogP contribution in [0.2, 0.25) is 0 Å². The van der Waals surface area contributed by atoms with Gasteiger partial charge in [-0.1, -0.05) is 26.0 Å². The van der Waals surface area contributed by atoms with E-state index in [1.165, 1.54) is 28.7 Å². The van der Waals surface area contributed by atoms with Crippen LogP contribution >= 0.6 is 11.3 Å². The molecule has 1 aliphatic rings. The maximum absolute atomic E-state index is 13.3. The monoisotopic (exact) mass is 408 g/mol. The van der Waals surface area contributed by atoms with Gasteiger partial charge < -0.3 is 14.6 Å². The van der Waals surface area contributed by atoms with Crippen molar-refractivity contribution in [2.24, 2.45) is 0 Å². The predicted octanol–water partition coefficient (Wildman–Crippen LogP) is 5.62. The minimum absolute atomic E-state index is 0.00996. The third-order valence-corrected chi connectivity index (χ3v) is 6.37. The van der Waals surface area contributed by atoms with E-state index >= 15 is 0 Å². The first-order chi connectivity index (χ1) is 13.9. The molecule has 2 amide bonds. The molecule has 150 valence electrons. The number of aryl methyl sites for hydroxylation is 2. The van der Waals surface area contributed by atoms with E-state index in [2.05, 4.69) is 37.4 Å². The molecule has 0 radical (unpaired) electrons. The number of benzene rings is 1. The molecule has 0 unspecified atom stereocenters. The van der Waals surface area contributed by atoms with Crippen molar-refractivity contribution >= 4 is 33.8 Å². The lowest BCUT2D eigenvalue weighted by Crippen LogP contribution is -2.35. The molecule has 1 aliphatic heterocycles. The lowest BCUT2D eigenvalue weighted by molar-refractivity contribution is 0.0983. The molecule has 0 bridgehead atoms. The Kier molecular flexibility index (Phi) is 5.28. The van der Waals surface area contributed by atoms with E-state index in [4.69, 9.17) is 4.42 Å². The van der Waals surface area contributed by atoms with Crippen LogP contribution in [0.5, 0.6) is 0 Å². The molecule has 0 fully saturated rings. The minimum Gasteiger partial charge on any atom is -0.459 e. The van der Waals surface area contributed by atoms with Gasteiger partial charge in [0.25, 0.3) is 11.8 Å². The lowest BCUT2D eigenvalue weighted by atomic mass is 9.94. The second-order valence-electron chi connectivity index (χ2n) is 7.66. The number of carbonyl (C=O) groups excluding carboxylic acids is 2. The summed E-state index contributed by atoms with van der Waals surface area (Å²) in [5, 5.41) is 3.46. The van der Waals surface area contributed by atoms with Crippen LogP contribution in [0, 0.1) is 6.92 Å². The number of nitrogens with zero attached hydrogens (tertiary/aromatic N) is 1. The van der Waals surface area contributed by atoms with Crippen molar-refractivity contribution in [2.75, 3.05) is 16.8 Å². The molecule has 0 spiro atoms. The summed E-state index contributed by atoms with van der Waals surface area (Å²) in [5.41, 5.74) is 4.39. The summed E-state index contributed by atoms with van der Waals surface area (Å²) >= 11 is 1.30. The number of anilines is 2. The van der Waals surface area contributed by atoms with Gasteiger partial charge in [0.2, 0.25) is 0 Å². The van der Waals surface area contributed by atoms with Crippen LogP contribution in [0.25, 0.3) is 0 Å². The van der Waals surface area contributed by atoms with E-state index in [-0.39, 0.29) is 17.6 Å². The molecule has 3 aromatic rings. The largest absolute Gasteiger partial charge is 0.459 e. The van der Waals surface area contributed by atoms with Gasteiger partial charge >= 0.3 is 0 Å². The summed E-state index contributed by atoms with van der Waals surface area (Å²) in [5.74, 6) is 0.380. The van der Waals surface area contributed by atoms with Crippen molar-refractivity contribution in [1.29, 1.82) is 0 Å². The Morgan fingerprint density at radius 3 is 2.76 bits per heavy atom. The molecular weight excluding hydrogens is 384 g/mol. The molecule has 2 aromatic heterocycles. The van der Waals surface area contributed by atoms with Gasteiger partial charge in [-0.05, 0) is 66.6 Å². The van der Waals surface area contributed by atoms with E-state index in [0.717, 1.165) is 24.1 Å². The smallest absolute Gasteiger partial charge is 0.291 e. The molecule has 3 heterocycles. The summed E-state index contributed by atoms with van der Waals surface area (Å²) in [4.78, 5) is 28.1. The van der Waals surface area contributed by atoms with Crippen molar-refractivity contribution in [3.05, 3.63) is 70.0 Å². The number of amides is 2. The first-order valence-corrected chi connectivity index (χ1v) is 10.7. The van der Waals surface area contributed by atoms with Crippen molar-refractivity contribution in [1.82, 2.24) is 0 Å². The van der Waals surface area contributed by atoms with Crippen molar-refractivity contribution in [3.63, 3.8) is 0 Å². The van der Waals surface area contributed by atoms with Crippen molar-refractivity contribution in [3.8, 4) is 0 Å². The number of rotatable bonds is 4. The van der Waals surface area contributed by atoms with E-state index in [0.29, 0.717) is 22.3 Å². The molecule has 1 aromatic carbocycles. The van der Waals surface area contributed by atoms with Crippen molar-refractivity contribution in [2.45, 2.75) is 39.5 Å². The van der Waals surface area contributed by atoms with Gasteiger partial charge in [-0.15, -0.1) is 11.3 Å². The Balaban J connectivity index is 1.58. The minimum atomic E-state index is -0.320. The van der Waals surface area contributed by atoms with E-state index in [9.17, 15) is 9.59 Å². The molecule has 4 rings (SSSR count). The number of hydrogen-bond acceptors (Lipinski definition) is 4. The van der Waals surface area contributed by atoms with Gasteiger partial charge in [0.05, 0.1) is 16.1 Å². The quantitative estimate of drug-likeness (QED) is 0.609. The van der Waals surface area contributed by atoms with E-state index < -0.39 is 0 Å². The van der Waals surface area contributed by atoms with Gasteiger partial charge in [0.15, 0.2) is 5.76 Å². The highest BCUT2D eigenvalue weighted by atomic mass is 32.1. The fourth-order valence-electron chi connectivity index (χ4n) is 3.65. The SMILES string of the molecule is Cc1cc(NC(=O)c2ccco2)sc1C(=O)N1CCCc2cc(C(C)C)ccc21. The van der Waals surface area contributed by atoms with Crippen LogP contribution in [0.1, 0.15) is 63.1 Å². The zero-order valence-electron chi connectivity index (χ0n) is 16.8. The van der Waals surface area contributed by atoms with Gasteiger partial charge in [-0.3, -0.25) is 9.59 Å². The predicted molar refractivity (Wildman–Crippen MR) is 116 cm³/mol. The molecule has 1 N–H and O–H groups in total. The first-order valence-electron chi connectivity index (χ1n) is 9.84. The average molecular weight is 409 g/mol. The fraction of sp³-hybridized carbons (Fsp3) is 0.304. The Morgan fingerprint density at radius 2 is 2.03 bits per heavy atom. The van der Waals surface area contributed by atoms with Crippen LogP contribution in [0.3, 0.4) is 0 Å². The van der Waals surface area contributed by atoms with Crippen LogP contribution in [-0.2, 0) is 6.42 Å². The number of hydrogen-bond donors (Lipinski definition) is 1. The maximum Gasteiger partial charge on any atom is 0.291 e. The van der Waals surface area contributed by atoms with Crippen LogP contribution < -0.4 is 10.2 Å². The van der Waals surface area contributed by atoms with E-state index in [1.54, 1.807) is 12.1 Å². The Bertz CT molecular complexity index is 1050. The fourth-order valence-corrected chi connectivity index (χ4v) is 4.66. The van der Waals surface area contributed by atoms with Crippen LogP contribution in [0.4, 0.5) is 10.7 Å². The number of furan rings is 1. The highest BCUT2D eigenvalue weighted by Gasteiger charge is 2.27. The third-order valence-electron chi connectivity index (χ3n) is 5.23. The normalized spacial score (nSPS) is 13.4. The van der Waals surface area contributed by atoms with Crippen molar-refractivity contribution < 1.29 is 14.0 Å². The molecule has 0 saturated heterocycles. The third kappa shape index (κ3) is 3.85. The molecular formula is C23H24N2O3S. The lowest BCUT2D eigenvalue weighted by Gasteiger charge is -2.30. The van der Waals surface area contributed by atoms with Gasteiger partial charge in [-0.25, -0.2) is 0 Å². The zero-order chi connectivity index (χ0) is 20.5. The number of fused-ring (bicyclic) bond motifs is 1. The first kappa shape index (κ1) is 19.5. The maximum atomic E-state index is 13.3. The van der Waals surface area contributed by atoms with Gasteiger partial charge in [0.1, 0.15) is 0 Å². The highest BCUT2D eigenvalue weighted by Crippen LogP contribution is 2.34. The summed E-state index contributed by atoms with van der Waals surface area (Å²) in [6, 6.07) is 11.5. The summed E-state index contributed by atoms with van der Waals surface area (Å²) in [6.45, 7) is 6.97. The van der Waals surface area contributed by atoms with Gasteiger partial charge in [0, 0.05) is 12.2 Å². The second-order valence-corrected chi connectivity index (χ2v) is 8.71. The summed E-state index contributed by atoms with van der Waals surface area (Å²) in [7, 11) is 0. The zero-order valence-corrected chi connectivity index (χ0v) is 17.6. The molecule has 5 nitrogen and oxygen atoms in total. The van der Waals surface area contributed by atoms with Crippen LogP contribution in [0.15, 0.2) is 47.1 Å². The number of nitrogens with one attached hydrogen (secondary N) is 1. The Labute approximate surface area is 174 Å². The molecule has 0 atom stereocenters. The molecule has 0 saturated carbocycles. The summed E-state index contributed by atoms with van der Waals surface area (Å²) in [6.07, 6.45) is 3.41.